The zero-order chi connectivity index (χ0) is 17.8. The number of rotatable bonds is 7. The van der Waals surface area contributed by atoms with Crippen molar-refractivity contribution in [3.05, 3.63) is 35.9 Å². The van der Waals surface area contributed by atoms with E-state index in [-0.39, 0.29) is 28.8 Å². The molecule has 0 bridgehead atoms. The molecule has 0 amide bonds. The van der Waals surface area contributed by atoms with E-state index in [1.807, 2.05) is 30.3 Å². The van der Waals surface area contributed by atoms with Crippen LogP contribution in [0.25, 0.3) is 0 Å². The Morgan fingerprint density at radius 2 is 2.08 bits per heavy atom. The summed E-state index contributed by atoms with van der Waals surface area (Å²) in [6.07, 6.45) is 1.18. The highest BCUT2D eigenvalue weighted by atomic mass is 32.2. The highest BCUT2D eigenvalue weighted by molar-refractivity contribution is 8.01. The van der Waals surface area contributed by atoms with Gasteiger partial charge in [0, 0.05) is 5.25 Å². The number of hydrogen-bond donors (Lipinski definition) is 1. The van der Waals surface area contributed by atoms with Gasteiger partial charge in [0.15, 0.2) is 5.78 Å². The second kappa shape index (κ2) is 8.47. The van der Waals surface area contributed by atoms with Gasteiger partial charge in [0.1, 0.15) is 11.9 Å². The van der Waals surface area contributed by atoms with Gasteiger partial charge in [-0.25, -0.2) is 0 Å². The maximum atomic E-state index is 13.2. The standard InChI is InChI=1S/C20H27NO3S/c1-13(2)10-16(24-11-14-6-4-3-5-7-14)20(23)19-18-15(22)12-25-17(18)8-9-21-19/h3-7,13,16-19,21H,8-12H2,1-2H3/t16-,17+,18+,19?/m0/s1. The fourth-order valence-electron chi connectivity index (χ4n) is 3.71. The van der Waals surface area contributed by atoms with Crippen LogP contribution in [0.4, 0.5) is 0 Å². The van der Waals surface area contributed by atoms with E-state index in [1.165, 1.54) is 0 Å². The molecule has 0 radical (unpaired) electrons. The van der Waals surface area contributed by atoms with Crippen molar-refractivity contribution >= 4 is 23.3 Å². The molecule has 1 aromatic rings. The van der Waals surface area contributed by atoms with Gasteiger partial charge < -0.3 is 10.1 Å². The molecule has 0 aromatic heterocycles. The Balaban J connectivity index is 1.70. The molecular weight excluding hydrogens is 334 g/mol. The number of hydrogen-bond acceptors (Lipinski definition) is 5. The van der Waals surface area contributed by atoms with Crippen LogP contribution in [0.2, 0.25) is 0 Å². The van der Waals surface area contributed by atoms with E-state index in [0.717, 1.165) is 18.5 Å². The third-order valence-corrected chi connectivity index (χ3v) is 6.38. The van der Waals surface area contributed by atoms with E-state index >= 15 is 0 Å². The Morgan fingerprint density at radius 3 is 2.80 bits per heavy atom. The Morgan fingerprint density at radius 1 is 1.32 bits per heavy atom. The molecule has 2 aliphatic rings. The summed E-state index contributed by atoms with van der Waals surface area (Å²) in [5.74, 6) is 0.988. The second-order valence-corrected chi connectivity index (χ2v) is 8.61. The molecule has 1 unspecified atom stereocenters. The SMILES string of the molecule is CC(C)C[C@H](OCc1ccccc1)C(=O)C1NCC[C@H]2SCC(=O)[C@@H]12. The summed E-state index contributed by atoms with van der Waals surface area (Å²) in [5.41, 5.74) is 1.06. The minimum absolute atomic E-state index is 0.0511. The second-order valence-electron chi connectivity index (χ2n) is 7.38. The van der Waals surface area contributed by atoms with Gasteiger partial charge in [-0.2, -0.15) is 0 Å². The molecule has 0 spiro atoms. The smallest absolute Gasteiger partial charge is 0.179 e. The molecule has 136 valence electrons. The van der Waals surface area contributed by atoms with Crippen LogP contribution >= 0.6 is 11.8 Å². The number of nitrogens with one attached hydrogen (secondary N) is 1. The van der Waals surface area contributed by atoms with Gasteiger partial charge >= 0.3 is 0 Å². The fraction of sp³-hybridized carbons (Fsp3) is 0.600. The minimum atomic E-state index is -0.463. The van der Waals surface area contributed by atoms with Crippen LogP contribution in [-0.2, 0) is 20.9 Å². The van der Waals surface area contributed by atoms with E-state index in [2.05, 4.69) is 19.2 Å². The first-order chi connectivity index (χ1) is 12.1. The number of carbonyl (C=O) groups excluding carboxylic acids is 2. The van der Waals surface area contributed by atoms with Crippen molar-refractivity contribution in [1.82, 2.24) is 5.32 Å². The first-order valence-corrected chi connectivity index (χ1v) is 10.2. The highest BCUT2D eigenvalue weighted by Crippen LogP contribution is 2.37. The highest BCUT2D eigenvalue weighted by Gasteiger charge is 2.47. The van der Waals surface area contributed by atoms with E-state index < -0.39 is 6.10 Å². The van der Waals surface area contributed by atoms with Gasteiger partial charge in [-0.3, -0.25) is 9.59 Å². The van der Waals surface area contributed by atoms with Crippen molar-refractivity contribution in [3.8, 4) is 0 Å². The van der Waals surface area contributed by atoms with Crippen LogP contribution in [0.5, 0.6) is 0 Å². The summed E-state index contributed by atoms with van der Waals surface area (Å²) in [4.78, 5) is 25.5. The molecular formula is C20H27NO3S. The summed E-state index contributed by atoms with van der Waals surface area (Å²) in [6.45, 7) is 5.41. The Labute approximate surface area is 154 Å². The molecule has 2 fully saturated rings. The van der Waals surface area contributed by atoms with Crippen LogP contribution in [0, 0.1) is 11.8 Å². The van der Waals surface area contributed by atoms with Crippen molar-refractivity contribution in [2.45, 2.75) is 50.7 Å². The predicted octanol–water partition coefficient (Wildman–Crippen LogP) is 2.85. The summed E-state index contributed by atoms with van der Waals surface area (Å²) in [6, 6.07) is 9.53. The lowest BCUT2D eigenvalue weighted by Gasteiger charge is -2.34. The molecule has 0 saturated carbocycles. The average Bonchev–Trinajstić information content (AvgIpc) is 3.00. The molecule has 25 heavy (non-hydrogen) atoms. The van der Waals surface area contributed by atoms with Crippen molar-refractivity contribution in [1.29, 1.82) is 0 Å². The zero-order valence-electron chi connectivity index (χ0n) is 14.9. The van der Waals surface area contributed by atoms with Crippen molar-refractivity contribution in [2.75, 3.05) is 12.3 Å². The van der Waals surface area contributed by atoms with E-state index in [9.17, 15) is 9.59 Å². The third-order valence-electron chi connectivity index (χ3n) is 4.97. The van der Waals surface area contributed by atoms with Gasteiger partial charge in [-0.05, 0) is 30.9 Å². The topological polar surface area (TPSA) is 55.4 Å². The predicted molar refractivity (Wildman–Crippen MR) is 101 cm³/mol. The molecule has 2 saturated heterocycles. The number of Topliss-reactive ketones (excluding diaryl/α,β-unsaturated/α-hetero) is 2. The summed E-state index contributed by atoms with van der Waals surface area (Å²) in [7, 11) is 0. The lowest BCUT2D eigenvalue weighted by atomic mass is 9.82. The van der Waals surface area contributed by atoms with E-state index in [1.54, 1.807) is 11.8 Å². The number of carbonyl (C=O) groups is 2. The van der Waals surface area contributed by atoms with Crippen LogP contribution in [0.1, 0.15) is 32.3 Å². The maximum Gasteiger partial charge on any atom is 0.179 e. The first kappa shape index (κ1) is 18.6. The van der Waals surface area contributed by atoms with Crippen molar-refractivity contribution < 1.29 is 14.3 Å². The normalized spacial score (nSPS) is 27.3. The Bertz CT molecular complexity index is 604. The lowest BCUT2D eigenvalue weighted by molar-refractivity contribution is -0.139. The van der Waals surface area contributed by atoms with Gasteiger partial charge in [0.05, 0.1) is 24.3 Å². The maximum absolute atomic E-state index is 13.2. The molecule has 1 N–H and O–H groups in total. The van der Waals surface area contributed by atoms with Gasteiger partial charge in [-0.15, -0.1) is 11.8 Å². The molecule has 0 aliphatic carbocycles. The van der Waals surface area contributed by atoms with Crippen LogP contribution in [0.3, 0.4) is 0 Å². The summed E-state index contributed by atoms with van der Waals surface area (Å²) < 4.78 is 6.03. The lowest BCUT2D eigenvalue weighted by Crippen LogP contribution is -2.55. The molecule has 4 atom stereocenters. The molecule has 2 heterocycles. The number of benzene rings is 1. The van der Waals surface area contributed by atoms with Crippen LogP contribution in [-0.4, -0.2) is 41.3 Å². The quantitative estimate of drug-likeness (QED) is 0.809. The molecule has 2 aliphatic heterocycles. The van der Waals surface area contributed by atoms with Gasteiger partial charge in [-0.1, -0.05) is 44.2 Å². The van der Waals surface area contributed by atoms with Crippen molar-refractivity contribution in [2.24, 2.45) is 11.8 Å². The number of thioether (sulfide) groups is 1. The van der Waals surface area contributed by atoms with Crippen LogP contribution in [0.15, 0.2) is 30.3 Å². The minimum Gasteiger partial charge on any atom is -0.366 e. The molecule has 1 aromatic carbocycles. The molecule has 5 heteroatoms. The molecule has 3 rings (SSSR count). The number of ketones is 2. The number of ether oxygens (including phenoxy) is 1. The van der Waals surface area contributed by atoms with E-state index in [0.29, 0.717) is 24.7 Å². The Kier molecular flexibility index (Phi) is 6.31. The number of fused-ring (bicyclic) bond motifs is 1. The Hall–Kier alpha value is -1.17. The third kappa shape index (κ3) is 4.52. The van der Waals surface area contributed by atoms with Crippen LogP contribution < -0.4 is 5.32 Å². The van der Waals surface area contributed by atoms with E-state index in [4.69, 9.17) is 4.74 Å². The number of piperidine rings is 1. The first-order valence-electron chi connectivity index (χ1n) is 9.13. The average molecular weight is 362 g/mol. The summed E-state index contributed by atoms with van der Waals surface area (Å²) >= 11 is 1.71. The van der Waals surface area contributed by atoms with Crippen molar-refractivity contribution in [3.63, 3.8) is 0 Å². The molecule has 4 nitrogen and oxygen atoms in total. The summed E-state index contributed by atoms with van der Waals surface area (Å²) in [5, 5.41) is 3.60. The largest absolute Gasteiger partial charge is 0.366 e. The van der Waals surface area contributed by atoms with Gasteiger partial charge in [0.2, 0.25) is 0 Å². The fourth-order valence-corrected chi connectivity index (χ4v) is 5.08. The van der Waals surface area contributed by atoms with Gasteiger partial charge in [0.25, 0.3) is 0 Å². The zero-order valence-corrected chi connectivity index (χ0v) is 15.8. The monoisotopic (exact) mass is 361 g/mol.